The average molecular weight is 397 g/mol. The number of nitro benzene ring substituents is 1. The van der Waals surface area contributed by atoms with E-state index < -0.39 is 28.7 Å². The molecule has 27 heavy (non-hydrogen) atoms. The smallest absolute Gasteiger partial charge is 0.341 e. The van der Waals surface area contributed by atoms with Crippen LogP contribution in [0.5, 0.6) is 5.75 Å². The summed E-state index contributed by atoms with van der Waals surface area (Å²) in [7, 11) is 1.28. The van der Waals surface area contributed by atoms with Gasteiger partial charge in [0.2, 0.25) is 0 Å². The van der Waals surface area contributed by atoms with E-state index in [-0.39, 0.29) is 27.7 Å². The Hall–Kier alpha value is -3.20. The molecule has 0 bridgehead atoms. The molecule has 1 amide bonds. The van der Waals surface area contributed by atoms with Crippen molar-refractivity contribution in [3.8, 4) is 5.75 Å². The summed E-state index contributed by atoms with van der Waals surface area (Å²) < 4.78 is 23.7. The molecule has 0 unspecified atom stereocenters. The summed E-state index contributed by atoms with van der Waals surface area (Å²) in [6.07, 6.45) is -1.27. The van der Waals surface area contributed by atoms with Crippen LogP contribution in [0.3, 0.4) is 0 Å². The number of benzene rings is 2. The molecule has 10 heteroatoms. The zero-order chi connectivity index (χ0) is 20.1. The highest BCUT2D eigenvalue weighted by Gasteiger charge is 2.23. The van der Waals surface area contributed by atoms with Crippen LogP contribution in [0, 0.1) is 15.9 Å². The number of ether oxygens (including phenoxy) is 2. The van der Waals surface area contributed by atoms with Crippen LogP contribution in [0.15, 0.2) is 36.4 Å². The Balaban J connectivity index is 2.09. The first-order valence-electron chi connectivity index (χ1n) is 7.52. The third-order valence-corrected chi connectivity index (χ3v) is 3.69. The monoisotopic (exact) mass is 396 g/mol. The molecule has 0 aliphatic carbocycles. The van der Waals surface area contributed by atoms with E-state index in [1.54, 1.807) is 0 Å². The third-order valence-electron chi connectivity index (χ3n) is 3.46. The lowest BCUT2D eigenvalue weighted by Gasteiger charge is -2.15. The highest BCUT2D eigenvalue weighted by molar-refractivity contribution is 6.30. The lowest BCUT2D eigenvalue weighted by Crippen LogP contribution is -2.30. The predicted octanol–water partition coefficient (Wildman–Crippen LogP) is 3.58. The van der Waals surface area contributed by atoms with Crippen LogP contribution in [0.25, 0.3) is 0 Å². The van der Waals surface area contributed by atoms with Crippen molar-refractivity contribution in [2.24, 2.45) is 0 Å². The molecule has 0 saturated carbocycles. The Morgan fingerprint density at radius 2 is 1.96 bits per heavy atom. The van der Waals surface area contributed by atoms with Gasteiger partial charge in [-0.05, 0) is 31.2 Å². The largest absolute Gasteiger partial charge is 0.494 e. The summed E-state index contributed by atoms with van der Waals surface area (Å²) in [4.78, 5) is 34.4. The number of methoxy groups -OCH3 is 1. The van der Waals surface area contributed by atoms with Crippen molar-refractivity contribution in [1.82, 2.24) is 0 Å². The number of non-ortho nitro benzene ring substituents is 1. The molecule has 0 spiro atoms. The molecule has 2 aromatic carbocycles. The first-order valence-corrected chi connectivity index (χ1v) is 7.90. The van der Waals surface area contributed by atoms with Crippen LogP contribution in [-0.4, -0.2) is 30.0 Å². The van der Waals surface area contributed by atoms with Gasteiger partial charge in [0.05, 0.1) is 29.4 Å². The summed E-state index contributed by atoms with van der Waals surface area (Å²) in [6, 6.07) is 7.00. The normalized spacial score (nSPS) is 11.4. The number of nitrogens with one attached hydrogen (secondary N) is 1. The Morgan fingerprint density at radius 1 is 1.26 bits per heavy atom. The van der Waals surface area contributed by atoms with Gasteiger partial charge in [0, 0.05) is 11.1 Å². The highest BCUT2D eigenvalue weighted by Crippen LogP contribution is 2.29. The SMILES string of the molecule is COc1cc([N+](=O)[O-])ccc1NC(=O)[C@H](C)OC(=O)c1ccc(Cl)cc1F. The summed E-state index contributed by atoms with van der Waals surface area (Å²) in [5.41, 5.74) is -0.442. The van der Waals surface area contributed by atoms with Gasteiger partial charge in [0.25, 0.3) is 11.6 Å². The second kappa shape index (κ2) is 8.45. The van der Waals surface area contributed by atoms with E-state index in [0.717, 1.165) is 18.2 Å². The molecule has 8 nitrogen and oxygen atoms in total. The minimum Gasteiger partial charge on any atom is -0.494 e. The molecule has 0 aromatic heterocycles. The van der Waals surface area contributed by atoms with Gasteiger partial charge in [-0.15, -0.1) is 0 Å². The molecule has 0 fully saturated rings. The standard InChI is InChI=1S/C17H14ClFN2O6/c1-9(27-17(23)12-5-3-10(18)7-13(12)19)16(22)20-14-6-4-11(21(24)25)8-15(14)26-2/h3-9H,1-2H3,(H,20,22)/t9-/m0/s1. The van der Waals surface area contributed by atoms with E-state index in [1.165, 1.54) is 32.2 Å². The molecule has 0 heterocycles. The van der Waals surface area contributed by atoms with Gasteiger partial charge in [-0.3, -0.25) is 14.9 Å². The fraction of sp³-hybridized carbons (Fsp3) is 0.176. The highest BCUT2D eigenvalue weighted by atomic mass is 35.5. The lowest BCUT2D eigenvalue weighted by atomic mass is 10.2. The van der Waals surface area contributed by atoms with E-state index in [4.69, 9.17) is 21.1 Å². The van der Waals surface area contributed by atoms with Crippen molar-refractivity contribution >= 4 is 34.9 Å². The van der Waals surface area contributed by atoms with Gasteiger partial charge in [0.15, 0.2) is 6.10 Å². The third kappa shape index (κ3) is 4.91. The predicted molar refractivity (Wildman–Crippen MR) is 94.6 cm³/mol. The molecule has 142 valence electrons. The zero-order valence-corrected chi connectivity index (χ0v) is 15.0. The maximum absolute atomic E-state index is 13.7. The van der Waals surface area contributed by atoms with E-state index in [2.05, 4.69) is 5.32 Å². The van der Waals surface area contributed by atoms with Crippen molar-refractivity contribution in [1.29, 1.82) is 0 Å². The van der Waals surface area contributed by atoms with Crippen molar-refractivity contribution in [3.63, 3.8) is 0 Å². The topological polar surface area (TPSA) is 108 Å². The Bertz CT molecular complexity index is 905. The van der Waals surface area contributed by atoms with Crippen LogP contribution in [0.2, 0.25) is 5.02 Å². The number of hydrogen-bond donors (Lipinski definition) is 1. The van der Waals surface area contributed by atoms with Gasteiger partial charge in [-0.1, -0.05) is 11.6 Å². The minimum atomic E-state index is -1.27. The van der Waals surface area contributed by atoms with Crippen LogP contribution in [0.1, 0.15) is 17.3 Å². The van der Waals surface area contributed by atoms with Gasteiger partial charge in [-0.2, -0.15) is 0 Å². The molecule has 0 saturated heterocycles. The molecular weight excluding hydrogens is 383 g/mol. The number of carbonyl (C=O) groups is 2. The lowest BCUT2D eigenvalue weighted by molar-refractivity contribution is -0.384. The molecule has 2 aromatic rings. The zero-order valence-electron chi connectivity index (χ0n) is 14.2. The van der Waals surface area contributed by atoms with Gasteiger partial charge >= 0.3 is 5.97 Å². The van der Waals surface area contributed by atoms with E-state index >= 15 is 0 Å². The van der Waals surface area contributed by atoms with Gasteiger partial charge < -0.3 is 14.8 Å². The van der Waals surface area contributed by atoms with Gasteiger partial charge in [-0.25, -0.2) is 9.18 Å². The Morgan fingerprint density at radius 3 is 2.56 bits per heavy atom. The minimum absolute atomic E-state index is 0.0554. The number of carbonyl (C=O) groups excluding carboxylic acids is 2. The number of hydrogen-bond acceptors (Lipinski definition) is 6. The maximum atomic E-state index is 13.7. The number of rotatable bonds is 6. The molecule has 2 rings (SSSR count). The summed E-state index contributed by atoms with van der Waals surface area (Å²) >= 11 is 5.62. The second-order valence-electron chi connectivity index (χ2n) is 5.30. The van der Waals surface area contributed by atoms with E-state index in [0.29, 0.717) is 0 Å². The molecule has 0 aliphatic rings. The van der Waals surface area contributed by atoms with Crippen LogP contribution >= 0.6 is 11.6 Å². The van der Waals surface area contributed by atoms with Crippen molar-refractivity contribution in [2.75, 3.05) is 12.4 Å². The molecule has 0 radical (unpaired) electrons. The molecular formula is C17H14ClFN2O6. The Labute approximate surface area is 158 Å². The van der Waals surface area contributed by atoms with Crippen LogP contribution in [-0.2, 0) is 9.53 Å². The fourth-order valence-electron chi connectivity index (χ4n) is 2.06. The van der Waals surface area contributed by atoms with E-state index in [1.807, 2.05) is 0 Å². The van der Waals surface area contributed by atoms with E-state index in [9.17, 15) is 24.1 Å². The second-order valence-corrected chi connectivity index (χ2v) is 5.74. The first kappa shape index (κ1) is 20.1. The van der Waals surface area contributed by atoms with Gasteiger partial charge in [0.1, 0.15) is 11.6 Å². The number of anilines is 1. The molecule has 1 atom stereocenters. The number of amides is 1. The van der Waals surface area contributed by atoms with Crippen molar-refractivity contribution in [2.45, 2.75) is 13.0 Å². The summed E-state index contributed by atoms with van der Waals surface area (Å²) in [5, 5.41) is 13.3. The number of nitrogens with zero attached hydrogens (tertiary/aromatic N) is 1. The summed E-state index contributed by atoms with van der Waals surface area (Å²) in [6.45, 7) is 1.29. The average Bonchev–Trinajstić information content (AvgIpc) is 2.61. The first-order chi connectivity index (χ1) is 12.7. The number of nitro groups is 1. The van der Waals surface area contributed by atoms with Crippen LogP contribution in [0.4, 0.5) is 15.8 Å². The molecule has 0 aliphatic heterocycles. The maximum Gasteiger partial charge on any atom is 0.341 e. The fourth-order valence-corrected chi connectivity index (χ4v) is 2.22. The summed E-state index contributed by atoms with van der Waals surface area (Å²) in [5.74, 6) is -2.59. The Kier molecular flexibility index (Phi) is 6.30. The van der Waals surface area contributed by atoms with Crippen molar-refractivity contribution < 1.29 is 28.4 Å². The van der Waals surface area contributed by atoms with Crippen LogP contribution < -0.4 is 10.1 Å². The number of halogens is 2. The molecule has 1 N–H and O–H groups in total. The quantitative estimate of drug-likeness (QED) is 0.454. The number of esters is 1. The van der Waals surface area contributed by atoms with Crippen molar-refractivity contribution in [3.05, 3.63) is 62.9 Å².